The summed E-state index contributed by atoms with van der Waals surface area (Å²) < 4.78 is 25.1. The average molecular weight is 258 g/mol. The Morgan fingerprint density at radius 3 is 2.35 bits per heavy atom. The molecule has 0 aliphatic carbocycles. The van der Waals surface area contributed by atoms with Gasteiger partial charge in [-0.15, -0.1) is 0 Å². The van der Waals surface area contributed by atoms with Crippen molar-refractivity contribution >= 4 is 15.7 Å². The summed E-state index contributed by atoms with van der Waals surface area (Å²) >= 11 is 0. The number of rotatable bonds is 6. The van der Waals surface area contributed by atoms with Crippen LogP contribution in [0.3, 0.4) is 0 Å². The van der Waals surface area contributed by atoms with Gasteiger partial charge in [0, 0.05) is 18.7 Å². The van der Waals surface area contributed by atoms with E-state index in [2.05, 4.69) is 4.72 Å². The maximum Gasteiger partial charge on any atom is 0.269 e. The number of nitro groups is 1. The van der Waals surface area contributed by atoms with Gasteiger partial charge in [0.25, 0.3) is 5.69 Å². The SMILES string of the molecule is CCCS(=O)(=O)NCc1ccc([N+](=O)[O-])cc1. The van der Waals surface area contributed by atoms with Crippen LogP contribution in [0.4, 0.5) is 5.69 Å². The molecular weight excluding hydrogens is 244 g/mol. The van der Waals surface area contributed by atoms with E-state index in [0.29, 0.717) is 12.0 Å². The first-order chi connectivity index (χ1) is 7.94. The summed E-state index contributed by atoms with van der Waals surface area (Å²) in [6.45, 7) is 1.94. The molecule has 1 aromatic rings. The molecule has 0 atom stereocenters. The zero-order valence-corrected chi connectivity index (χ0v) is 10.2. The minimum atomic E-state index is -3.24. The van der Waals surface area contributed by atoms with Gasteiger partial charge in [-0.2, -0.15) is 0 Å². The van der Waals surface area contributed by atoms with Crippen molar-refractivity contribution in [2.75, 3.05) is 5.75 Å². The highest BCUT2D eigenvalue weighted by Crippen LogP contribution is 2.11. The van der Waals surface area contributed by atoms with Crippen LogP contribution in [-0.2, 0) is 16.6 Å². The van der Waals surface area contributed by atoms with E-state index in [0.717, 1.165) is 0 Å². The van der Waals surface area contributed by atoms with Crippen LogP contribution < -0.4 is 4.72 Å². The van der Waals surface area contributed by atoms with Crippen molar-refractivity contribution in [1.82, 2.24) is 4.72 Å². The maximum absolute atomic E-state index is 11.4. The zero-order chi connectivity index (χ0) is 12.9. The number of benzene rings is 1. The first-order valence-corrected chi connectivity index (χ1v) is 6.80. The maximum atomic E-state index is 11.4. The van der Waals surface area contributed by atoms with Gasteiger partial charge in [0.05, 0.1) is 10.7 Å². The van der Waals surface area contributed by atoms with Crippen LogP contribution in [0.15, 0.2) is 24.3 Å². The third-order valence-electron chi connectivity index (χ3n) is 2.12. The predicted octanol–water partition coefficient (Wildman–Crippen LogP) is 1.42. The van der Waals surface area contributed by atoms with Crippen molar-refractivity contribution in [1.29, 1.82) is 0 Å². The molecule has 0 unspecified atom stereocenters. The monoisotopic (exact) mass is 258 g/mol. The van der Waals surface area contributed by atoms with Crippen LogP contribution in [0.25, 0.3) is 0 Å². The van der Waals surface area contributed by atoms with Gasteiger partial charge in [-0.3, -0.25) is 10.1 Å². The lowest BCUT2D eigenvalue weighted by molar-refractivity contribution is -0.384. The lowest BCUT2D eigenvalue weighted by Gasteiger charge is -2.05. The molecule has 0 aliphatic heterocycles. The first kappa shape index (κ1) is 13.6. The van der Waals surface area contributed by atoms with Gasteiger partial charge in [-0.05, 0) is 12.0 Å². The van der Waals surface area contributed by atoms with E-state index in [1.54, 1.807) is 6.92 Å². The molecule has 0 amide bonds. The smallest absolute Gasteiger partial charge is 0.258 e. The number of hydrogen-bond donors (Lipinski definition) is 1. The molecule has 0 aromatic heterocycles. The number of nitrogens with one attached hydrogen (secondary N) is 1. The molecule has 0 radical (unpaired) electrons. The molecular formula is C10H14N2O4S. The van der Waals surface area contributed by atoms with Gasteiger partial charge in [0.15, 0.2) is 0 Å². The van der Waals surface area contributed by atoms with Crippen molar-refractivity contribution in [3.63, 3.8) is 0 Å². The fourth-order valence-corrected chi connectivity index (χ4v) is 2.34. The lowest BCUT2D eigenvalue weighted by atomic mass is 10.2. The highest BCUT2D eigenvalue weighted by molar-refractivity contribution is 7.89. The summed E-state index contributed by atoms with van der Waals surface area (Å²) in [5, 5.41) is 10.4. The van der Waals surface area contributed by atoms with Crippen LogP contribution in [0.1, 0.15) is 18.9 Å². The Balaban J connectivity index is 2.62. The standard InChI is InChI=1S/C10H14N2O4S/c1-2-7-17(15,16)11-8-9-3-5-10(6-4-9)12(13)14/h3-6,11H,2,7-8H2,1H3. The number of sulfonamides is 1. The van der Waals surface area contributed by atoms with Crippen LogP contribution in [0.5, 0.6) is 0 Å². The summed E-state index contributed by atoms with van der Waals surface area (Å²) in [6, 6.07) is 5.77. The van der Waals surface area contributed by atoms with E-state index in [9.17, 15) is 18.5 Å². The second-order valence-electron chi connectivity index (χ2n) is 3.56. The molecule has 7 heteroatoms. The number of non-ortho nitro benzene ring substituents is 1. The van der Waals surface area contributed by atoms with Crippen LogP contribution in [-0.4, -0.2) is 19.1 Å². The van der Waals surface area contributed by atoms with Gasteiger partial charge in [0.1, 0.15) is 0 Å². The van der Waals surface area contributed by atoms with E-state index in [1.807, 2.05) is 0 Å². The Bertz CT molecular complexity index is 482. The van der Waals surface area contributed by atoms with E-state index < -0.39 is 14.9 Å². The van der Waals surface area contributed by atoms with Crippen molar-refractivity contribution in [2.45, 2.75) is 19.9 Å². The van der Waals surface area contributed by atoms with Crippen molar-refractivity contribution in [3.8, 4) is 0 Å². The molecule has 94 valence electrons. The van der Waals surface area contributed by atoms with E-state index in [-0.39, 0.29) is 18.0 Å². The summed E-state index contributed by atoms with van der Waals surface area (Å²) in [4.78, 5) is 9.91. The third kappa shape index (κ3) is 4.49. The molecule has 0 aliphatic rings. The third-order valence-corrected chi connectivity index (χ3v) is 3.65. The second-order valence-corrected chi connectivity index (χ2v) is 5.49. The van der Waals surface area contributed by atoms with Crippen LogP contribution in [0.2, 0.25) is 0 Å². The summed E-state index contributed by atoms with van der Waals surface area (Å²) in [7, 11) is -3.24. The largest absolute Gasteiger partial charge is 0.269 e. The normalized spacial score (nSPS) is 11.4. The highest BCUT2D eigenvalue weighted by Gasteiger charge is 2.09. The van der Waals surface area contributed by atoms with E-state index >= 15 is 0 Å². The van der Waals surface area contributed by atoms with Gasteiger partial charge in [-0.1, -0.05) is 19.1 Å². The first-order valence-electron chi connectivity index (χ1n) is 5.15. The Morgan fingerprint density at radius 1 is 1.29 bits per heavy atom. The van der Waals surface area contributed by atoms with Gasteiger partial charge in [-0.25, -0.2) is 13.1 Å². The van der Waals surface area contributed by atoms with Crippen LogP contribution >= 0.6 is 0 Å². The summed E-state index contributed by atoms with van der Waals surface area (Å²) in [5.74, 6) is 0.0833. The molecule has 6 nitrogen and oxygen atoms in total. The Hall–Kier alpha value is -1.47. The average Bonchev–Trinajstić information content (AvgIpc) is 2.27. The molecule has 0 fully saturated rings. The summed E-state index contributed by atoms with van der Waals surface area (Å²) in [5.41, 5.74) is 0.681. The predicted molar refractivity (Wildman–Crippen MR) is 64.0 cm³/mol. The molecule has 0 bridgehead atoms. The number of nitrogens with zero attached hydrogens (tertiary/aromatic N) is 1. The van der Waals surface area contributed by atoms with Gasteiger partial charge >= 0.3 is 0 Å². The molecule has 0 saturated carbocycles. The molecule has 0 spiro atoms. The minimum Gasteiger partial charge on any atom is -0.258 e. The lowest BCUT2D eigenvalue weighted by Crippen LogP contribution is -2.25. The van der Waals surface area contributed by atoms with Crippen LogP contribution in [0, 0.1) is 10.1 Å². The minimum absolute atomic E-state index is 0.00911. The fourth-order valence-electron chi connectivity index (χ4n) is 1.27. The number of nitro benzene ring substituents is 1. The van der Waals surface area contributed by atoms with Crippen molar-refractivity contribution < 1.29 is 13.3 Å². The highest BCUT2D eigenvalue weighted by atomic mass is 32.2. The van der Waals surface area contributed by atoms with Crippen molar-refractivity contribution in [2.24, 2.45) is 0 Å². The molecule has 17 heavy (non-hydrogen) atoms. The van der Waals surface area contributed by atoms with Gasteiger partial charge < -0.3 is 0 Å². The molecule has 1 rings (SSSR count). The molecule has 0 saturated heterocycles. The van der Waals surface area contributed by atoms with E-state index in [1.165, 1.54) is 24.3 Å². The Morgan fingerprint density at radius 2 is 1.88 bits per heavy atom. The quantitative estimate of drug-likeness (QED) is 0.617. The zero-order valence-electron chi connectivity index (χ0n) is 9.42. The molecule has 1 N–H and O–H groups in total. The topological polar surface area (TPSA) is 89.3 Å². The van der Waals surface area contributed by atoms with E-state index in [4.69, 9.17) is 0 Å². The van der Waals surface area contributed by atoms with Gasteiger partial charge in [0.2, 0.25) is 10.0 Å². The Labute approximate surface area is 99.9 Å². The molecule has 0 heterocycles. The summed E-state index contributed by atoms with van der Waals surface area (Å²) in [6.07, 6.45) is 0.551. The Kier molecular flexibility index (Phi) is 4.59. The number of hydrogen-bond acceptors (Lipinski definition) is 4. The van der Waals surface area contributed by atoms with Crippen molar-refractivity contribution in [3.05, 3.63) is 39.9 Å². The molecule has 1 aromatic carbocycles. The fraction of sp³-hybridized carbons (Fsp3) is 0.400. The second kappa shape index (κ2) is 5.74.